The fraction of sp³-hybridized carbons (Fsp3) is 0. The Labute approximate surface area is 312 Å². The molecular formula is C49H31N5. The molecule has 5 heteroatoms. The van der Waals surface area contributed by atoms with Gasteiger partial charge in [0, 0.05) is 44.0 Å². The van der Waals surface area contributed by atoms with Crippen molar-refractivity contribution in [1.29, 1.82) is 0 Å². The van der Waals surface area contributed by atoms with Gasteiger partial charge >= 0.3 is 0 Å². The molecule has 0 amide bonds. The lowest BCUT2D eigenvalue weighted by Crippen LogP contribution is -2.00. The summed E-state index contributed by atoms with van der Waals surface area (Å²) in [6.07, 6.45) is 0. The van der Waals surface area contributed by atoms with E-state index in [9.17, 15) is 0 Å². The third-order valence-corrected chi connectivity index (χ3v) is 9.92. The minimum absolute atomic E-state index is 0.632. The van der Waals surface area contributed by atoms with E-state index in [1.165, 1.54) is 0 Å². The maximum Gasteiger partial charge on any atom is 0.164 e. The number of nitrogens with zero attached hydrogens (tertiary/aromatic N) is 5. The van der Waals surface area contributed by atoms with Gasteiger partial charge in [-0.25, -0.2) is 24.9 Å². The van der Waals surface area contributed by atoms with E-state index in [0.29, 0.717) is 17.5 Å². The monoisotopic (exact) mass is 689 g/mol. The second-order valence-corrected chi connectivity index (χ2v) is 13.3. The van der Waals surface area contributed by atoms with E-state index in [2.05, 4.69) is 103 Å². The maximum atomic E-state index is 5.31. The highest BCUT2D eigenvalue weighted by Crippen LogP contribution is 2.39. The van der Waals surface area contributed by atoms with Crippen LogP contribution in [0.1, 0.15) is 0 Å². The fourth-order valence-corrected chi connectivity index (χ4v) is 7.21. The lowest BCUT2D eigenvalue weighted by Gasteiger charge is -2.14. The van der Waals surface area contributed by atoms with Crippen LogP contribution >= 0.6 is 0 Å². The molecule has 10 rings (SSSR count). The van der Waals surface area contributed by atoms with Crippen molar-refractivity contribution in [3.8, 4) is 67.8 Å². The van der Waals surface area contributed by atoms with Gasteiger partial charge in [0.2, 0.25) is 0 Å². The molecule has 54 heavy (non-hydrogen) atoms. The van der Waals surface area contributed by atoms with Crippen molar-refractivity contribution in [3.63, 3.8) is 0 Å². The molecule has 5 nitrogen and oxygen atoms in total. The van der Waals surface area contributed by atoms with Crippen LogP contribution in [0.25, 0.3) is 100 Å². The molecule has 0 atom stereocenters. The van der Waals surface area contributed by atoms with Gasteiger partial charge in [-0.05, 0) is 46.8 Å². The number of benzene rings is 7. The van der Waals surface area contributed by atoms with Gasteiger partial charge in [0.15, 0.2) is 17.5 Å². The molecule has 10 aromatic rings. The molecule has 0 saturated carbocycles. The highest BCUT2D eigenvalue weighted by molar-refractivity contribution is 6.21. The number of hydrogen-bond acceptors (Lipinski definition) is 5. The number of rotatable bonds is 6. The highest BCUT2D eigenvalue weighted by atomic mass is 15.0. The van der Waals surface area contributed by atoms with E-state index >= 15 is 0 Å². The first-order chi connectivity index (χ1) is 26.7. The van der Waals surface area contributed by atoms with Gasteiger partial charge in [0.1, 0.15) is 0 Å². The smallest absolute Gasteiger partial charge is 0.164 e. The summed E-state index contributed by atoms with van der Waals surface area (Å²) in [5, 5.41) is 4.42. The van der Waals surface area contributed by atoms with Crippen molar-refractivity contribution in [2.45, 2.75) is 0 Å². The van der Waals surface area contributed by atoms with Crippen LogP contribution in [-0.2, 0) is 0 Å². The second kappa shape index (κ2) is 13.3. The molecule has 7 aromatic carbocycles. The van der Waals surface area contributed by atoms with Crippen LogP contribution in [0.2, 0.25) is 0 Å². The van der Waals surface area contributed by atoms with Gasteiger partial charge in [-0.3, -0.25) is 0 Å². The molecule has 0 bridgehead atoms. The van der Waals surface area contributed by atoms with E-state index in [1.807, 2.05) is 84.9 Å². The van der Waals surface area contributed by atoms with Crippen molar-refractivity contribution < 1.29 is 0 Å². The largest absolute Gasteiger partial charge is 0.248 e. The minimum atomic E-state index is 0.632. The molecule has 3 aromatic heterocycles. The summed E-state index contributed by atoms with van der Waals surface area (Å²) < 4.78 is 0. The first kappa shape index (κ1) is 31.4. The summed E-state index contributed by atoms with van der Waals surface area (Å²) in [4.78, 5) is 25.1. The molecule has 0 radical (unpaired) electrons. The van der Waals surface area contributed by atoms with Crippen LogP contribution in [0.15, 0.2) is 188 Å². The Balaban J connectivity index is 1.09. The van der Waals surface area contributed by atoms with Gasteiger partial charge in [0.25, 0.3) is 0 Å². The van der Waals surface area contributed by atoms with Gasteiger partial charge in [-0.15, -0.1) is 0 Å². The Morgan fingerprint density at radius 1 is 0.259 bits per heavy atom. The topological polar surface area (TPSA) is 64.5 Å². The van der Waals surface area contributed by atoms with Crippen molar-refractivity contribution >= 4 is 32.6 Å². The predicted molar refractivity (Wildman–Crippen MR) is 221 cm³/mol. The molecule has 0 spiro atoms. The van der Waals surface area contributed by atoms with Crippen LogP contribution in [0, 0.1) is 0 Å². The molecule has 0 aliphatic heterocycles. The number of pyridine rings is 2. The SMILES string of the molecule is c1ccc(-c2ccc3c(ccc4c5cc(-c6ccc(-c7nc(-c8ccccc8)nc(-c8ccccc8)n7)cc6)ccc5nc(-c5ccccc5)c34)n2)cc1. The fourth-order valence-electron chi connectivity index (χ4n) is 7.21. The normalized spacial score (nSPS) is 11.3. The van der Waals surface area contributed by atoms with E-state index in [0.717, 1.165) is 82.9 Å². The molecule has 3 heterocycles. The second-order valence-electron chi connectivity index (χ2n) is 13.3. The molecular weight excluding hydrogens is 659 g/mol. The standard InChI is InChI=1S/C49H31N5/c1-5-13-33(14-6-1)42-29-27-40-43(50-42)30-26-39-41-31-38(25-28-44(41)51-46(45(39)40)34-15-7-2-8-16-34)32-21-23-37(24-22-32)49-53-47(35-17-9-3-10-18-35)52-48(54-49)36-19-11-4-12-20-36/h1-31H. The van der Waals surface area contributed by atoms with E-state index in [1.54, 1.807) is 0 Å². The van der Waals surface area contributed by atoms with Gasteiger partial charge in [-0.2, -0.15) is 0 Å². The Hall–Kier alpha value is -7.37. The van der Waals surface area contributed by atoms with Gasteiger partial charge in [-0.1, -0.05) is 158 Å². The number of aromatic nitrogens is 5. The summed E-state index contributed by atoms with van der Waals surface area (Å²) in [6.45, 7) is 0. The third-order valence-electron chi connectivity index (χ3n) is 9.92. The third kappa shape index (κ3) is 5.74. The molecule has 0 aliphatic carbocycles. The molecule has 0 aliphatic rings. The van der Waals surface area contributed by atoms with Crippen molar-refractivity contribution in [3.05, 3.63) is 188 Å². The summed E-state index contributed by atoms with van der Waals surface area (Å²) in [5.74, 6) is 1.92. The van der Waals surface area contributed by atoms with Crippen LogP contribution in [-0.4, -0.2) is 24.9 Å². The van der Waals surface area contributed by atoms with Crippen LogP contribution in [0.4, 0.5) is 0 Å². The van der Waals surface area contributed by atoms with E-state index in [-0.39, 0.29) is 0 Å². The number of hydrogen-bond donors (Lipinski definition) is 0. The quantitative estimate of drug-likeness (QED) is 0.163. The molecule has 252 valence electrons. The molecule has 0 saturated heterocycles. The van der Waals surface area contributed by atoms with Gasteiger partial charge < -0.3 is 0 Å². The zero-order valence-corrected chi connectivity index (χ0v) is 29.1. The Bertz CT molecular complexity index is 2890. The number of fused-ring (bicyclic) bond motifs is 5. The summed E-state index contributed by atoms with van der Waals surface area (Å²) in [6, 6.07) is 64.6. The zero-order valence-electron chi connectivity index (χ0n) is 29.1. The predicted octanol–water partition coefficient (Wildman–Crippen LogP) is 12.1. The van der Waals surface area contributed by atoms with E-state index < -0.39 is 0 Å². The Morgan fingerprint density at radius 3 is 1.30 bits per heavy atom. The van der Waals surface area contributed by atoms with Crippen LogP contribution < -0.4 is 0 Å². The first-order valence-corrected chi connectivity index (χ1v) is 18.0. The highest BCUT2D eigenvalue weighted by Gasteiger charge is 2.16. The lowest BCUT2D eigenvalue weighted by atomic mass is 9.94. The van der Waals surface area contributed by atoms with Crippen molar-refractivity contribution in [2.75, 3.05) is 0 Å². The Morgan fingerprint density at radius 2 is 0.704 bits per heavy atom. The first-order valence-electron chi connectivity index (χ1n) is 18.0. The summed E-state index contributed by atoms with van der Waals surface area (Å²) in [7, 11) is 0. The average Bonchev–Trinajstić information content (AvgIpc) is 3.26. The van der Waals surface area contributed by atoms with Crippen molar-refractivity contribution in [1.82, 2.24) is 24.9 Å². The zero-order chi connectivity index (χ0) is 35.8. The minimum Gasteiger partial charge on any atom is -0.248 e. The van der Waals surface area contributed by atoms with E-state index in [4.69, 9.17) is 24.9 Å². The Kier molecular flexibility index (Phi) is 7.73. The maximum absolute atomic E-state index is 5.31. The lowest BCUT2D eigenvalue weighted by molar-refractivity contribution is 1.07. The van der Waals surface area contributed by atoms with Gasteiger partial charge in [0.05, 0.1) is 22.4 Å². The van der Waals surface area contributed by atoms with Crippen LogP contribution in [0.5, 0.6) is 0 Å². The average molecular weight is 690 g/mol. The summed E-state index contributed by atoms with van der Waals surface area (Å²) in [5.41, 5.74) is 11.0. The van der Waals surface area contributed by atoms with Crippen molar-refractivity contribution in [2.24, 2.45) is 0 Å². The summed E-state index contributed by atoms with van der Waals surface area (Å²) >= 11 is 0. The molecule has 0 fully saturated rings. The van der Waals surface area contributed by atoms with Crippen LogP contribution in [0.3, 0.4) is 0 Å². The molecule has 0 N–H and O–H groups in total. The molecule has 0 unspecified atom stereocenters.